The van der Waals surface area contributed by atoms with Crippen molar-refractivity contribution in [3.8, 4) is 0 Å². The van der Waals surface area contributed by atoms with Crippen molar-refractivity contribution in [2.45, 2.75) is 42.3 Å². The van der Waals surface area contributed by atoms with E-state index in [0.29, 0.717) is 50.7 Å². The summed E-state index contributed by atoms with van der Waals surface area (Å²) in [6.07, 6.45) is 3.82. The van der Waals surface area contributed by atoms with Gasteiger partial charge in [-0.15, -0.1) is 11.3 Å². The summed E-state index contributed by atoms with van der Waals surface area (Å²) >= 11 is 9.04. The SMILES string of the molecule is CC1(Cc2ccccc2)NC(N2CCN(Cc3cccnc3)C2=O)(N2CCN(Cc3csc4ccc(Cl)cc34)C2=O)SC1C(=O)O. The molecule has 4 aromatic rings. The van der Waals surface area contributed by atoms with Crippen molar-refractivity contribution in [1.82, 2.24) is 29.9 Å². The van der Waals surface area contributed by atoms with E-state index in [4.69, 9.17) is 11.6 Å². The van der Waals surface area contributed by atoms with Gasteiger partial charge in [0.05, 0.1) is 0 Å². The fourth-order valence-corrected chi connectivity index (χ4v) is 9.59. The number of nitrogens with zero attached hydrogens (tertiary/aromatic N) is 5. The molecule has 0 radical (unpaired) electrons. The first-order valence-corrected chi connectivity index (χ1v) is 17.2. The molecule has 13 heteroatoms. The number of aromatic nitrogens is 1. The van der Waals surface area contributed by atoms with Crippen molar-refractivity contribution >= 4 is 62.8 Å². The van der Waals surface area contributed by atoms with Gasteiger partial charge in [0.1, 0.15) is 5.25 Å². The first kappa shape index (κ1) is 30.8. The lowest BCUT2D eigenvalue weighted by Gasteiger charge is -2.45. The van der Waals surface area contributed by atoms with Crippen LogP contribution in [0.2, 0.25) is 5.02 Å². The standard InChI is InChI=1S/C33H33ClN6O4S2/c1-32(17-22-6-3-2-4-7-22)28(29(41)42)46-33(36-32,39-14-12-37(30(39)43)19-23-8-5-11-35-18-23)40-15-13-38(31(40)44)20-24-21-45-27-10-9-25(34)16-26(24)27/h2-11,16,18,21,28,36H,12-15,17,19-20H2,1H3,(H,41,42). The van der Waals surface area contributed by atoms with Crippen molar-refractivity contribution < 1.29 is 19.5 Å². The topological polar surface area (TPSA) is 109 Å². The molecule has 3 aliphatic rings. The van der Waals surface area contributed by atoms with E-state index in [1.54, 1.807) is 43.3 Å². The van der Waals surface area contributed by atoms with E-state index in [2.05, 4.69) is 10.3 Å². The number of fused-ring (bicyclic) bond motifs is 1. The summed E-state index contributed by atoms with van der Waals surface area (Å²) in [6, 6.07) is 18.7. The molecule has 3 saturated heterocycles. The Hall–Kier alpha value is -3.84. The largest absolute Gasteiger partial charge is 0.480 e. The highest BCUT2D eigenvalue weighted by Crippen LogP contribution is 2.49. The maximum atomic E-state index is 14.4. The van der Waals surface area contributed by atoms with E-state index in [0.717, 1.165) is 38.5 Å². The van der Waals surface area contributed by atoms with Crippen LogP contribution in [0.15, 0.2) is 78.4 Å². The highest BCUT2D eigenvalue weighted by molar-refractivity contribution is 8.02. The van der Waals surface area contributed by atoms with Crippen LogP contribution in [0.25, 0.3) is 10.1 Å². The van der Waals surface area contributed by atoms with Crippen molar-refractivity contribution in [2.75, 3.05) is 26.2 Å². The molecule has 5 heterocycles. The molecule has 7 rings (SSSR count). The van der Waals surface area contributed by atoms with Crippen molar-refractivity contribution in [3.05, 3.63) is 100 Å². The van der Waals surface area contributed by atoms with E-state index < -0.39 is 21.9 Å². The summed E-state index contributed by atoms with van der Waals surface area (Å²) in [6.45, 7) is 4.11. The number of urea groups is 2. The van der Waals surface area contributed by atoms with Crippen LogP contribution in [0, 0.1) is 0 Å². The molecule has 10 nitrogen and oxygen atoms in total. The summed E-state index contributed by atoms with van der Waals surface area (Å²) in [5.74, 6) is -0.998. The molecule has 3 atom stereocenters. The Morgan fingerprint density at radius 1 is 0.978 bits per heavy atom. The summed E-state index contributed by atoms with van der Waals surface area (Å²) in [5, 5.41) is 15.5. The Morgan fingerprint density at radius 2 is 1.67 bits per heavy atom. The van der Waals surface area contributed by atoms with Crippen LogP contribution in [0.4, 0.5) is 9.59 Å². The van der Waals surface area contributed by atoms with E-state index in [1.165, 1.54) is 0 Å². The number of amides is 4. The number of aliphatic carboxylic acids is 1. The quantitative estimate of drug-likeness (QED) is 0.240. The first-order valence-electron chi connectivity index (χ1n) is 15.1. The third-order valence-corrected chi connectivity index (χ3v) is 12.0. The fraction of sp³-hybridized carbons (Fsp3) is 0.333. The molecule has 2 aromatic heterocycles. The van der Waals surface area contributed by atoms with E-state index in [-0.39, 0.29) is 12.1 Å². The first-order chi connectivity index (χ1) is 22.2. The maximum Gasteiger partial charge on any atom is 0.324 e. The number of thiophene rings is 1. The van der Waals surface area contributed by atoms with Gasteiger partial charge < -0.3 is 14.9 Å². The van der Waals surface area contributed by atoms with Gasteiger partial charge in [-0.3, -0.25) is 24.9 Å². The monoisotopic (exact) mass is 676 g/mol. The minimum Gasteiger partial charge on any atom is -0.480 e. The highest BCUT2D eigenvalue weighted by Gasteiger charge is 2.65. The van der Waals surface area contributed by atoms with Gasteiger partial charge in [0.25, 0.3) is 0 Å². The predicted molar refractivity (Wildman–Crippen MR) is 180 cm³/mol. The van der Waals surface area contributed by atoms with Crippen LogP contribution >= 0.6 is 34.7 Å². The molecule has 0 aliphatic carbocycles. The van der Waals surface area contributed by atoms with Gasteiger partial charge in [-0.2, -0.15) is 0 Å². The molecule has 238 valence electrons. The Balaban J connectivity index is 1.23. The van der Waals surface area contributed by atoms with Gasteiger partial charge in [0.2, 0.25) is 5.12 Å². The van der Waals surface area contributed by atoms with E-state index in [1.807, 2.05) is 73.0 Å². The number of carboxylic acid groups (broad SMARTS) is 1. The molecular formula is C33H33ClN6O4S2. The van der Waals surface area contributed by atoms with Gasteiger partial charge in [-0.1, -0.05) is 59.8 Å². The van der Waals surface area contributed by atoms with Crippen LogP contribution in [-0.4, -0.2) is 89.8 Å². The van der Waals surface area contributed by atoms with Crippen LogP contribution in [0.5, 0.6) is 0 Å². The molecule has 2 aromatic carbocycles. The number of halogens is 1. The van der Waals surface area contributed by atoms with Gasteiger partial charge in [0, 0.05) is 66.9 Å². The zero-order valence-corrected chi connectivity index (χ0v) is 27.5. The third-order valence-electron chi connectivity index (χ3n) is 8.94. The number of carbonyl (C=O) groups is 3. The Bertz CT molecular complexity index is 1790. The minimum absolute atomic E-state index is 0.256. The lowest BCUT2D eigenvalue weighted by molar-refractivity contribution is -0.137. The number of carbonyl (C=O) groups excluding carboxylic acids is 2. The zero-order chi connectivity index (χ0) is 32.1. The number of pyridine rings is 1. The molecule has 3 unspecified atom stereocenters. The minimum atomic E-state index is -1.42. The second-order valence-corrected chi connectivity index (χ2v) is 14.7. The normalized spacial score (nSPS) is 25.0. The second kappa shape index (κ2) is 12.1. The van der Waals surface area contributed by atoms with Crippen molar-refractivity contribution in [1.29, 1.82) is 0 Å². The number of thioether (sulfide) groups is 1. The molecule has 0 bridgehead atoms. The molecule has 3 fully saturated rings. The molecule has 46 heavy (non-hydrogen) atoms. The van der Waals surface area contributed by atoms with Gasteiger partial charge >= 0.3 is 18.0 Å². The summed E-state index contributed by atoms with van der Waals surface area (Å²) in [4.78, 5) is 52.5. The Labute approximate surface area is 279 Å². The summed E-state index contributed by atoms with van der Waals surface area (Å²) in [7, 11) is 0. The Morgan fingerprint density at radius 3 is 2.35 bits per heavy atom. The second-order valence-electron chi connectivity index (χ2n) is 12.1. The highest BCUT2D eigenvalue weighted by atomic mass is 35.5. The van der Waals surface area contributed by atoms with Gasteiger partial charge in [0.15, 0.2) is 0 Å². The number of hydrogen-bond donors (Lipinski definition) is 2. The molecule has 3 aliphatic heterocycles. The number of hydrogen-bond acceptors (Lipinski definition) is 7. The van der Waals surface area contributed by atoms with Crippen molar-refractivity contribution in [3.63, 3.8) is 0 Å². The number of carboxylic acids is 1. The molecule has 0 spiro atoms. The molecule has 4 amide bonds. The van der Waals surface area contributed by atoms with Gasteiger partial charge in [-0.25, -0.2) is 9.59 Å². The van der Waals surface area contributed by atoms with E-state index >= 15 is 0 Å². The van der Waals surface area contributed by atoms with Crippen LogP contribution in [0.3, 0.4) is 0 Å². The van der Waals surface area contributed by atoms with Crippen LogP contribution in [0.1, 0.15) is 23.6 Å². The smallest absolute Gasteiger partial charge is 0.324 e. The van der Waals surface area contributed by atoms with Crippen LogP contribution in [-0.2, 0) is 24.3 Å². The van der Waals surface area contributed by atoms with Gasteiger partial charge in [-0.05, 0) is 65.1 Å². The zero-order valence-electron chi connectivity index (χ0n) is 25.1. The molecule has 0 saturated carbocycles. The average Bonchev–Trinajstić information content (AvgIpc) is 3.79. The Kier molecular flexibility index (Phi) is 8.08. The van der Waals surface area contributed by atoms with Crippen LogP contribution < -0.4 is 5.32 Å². The fourth-order valence-electron chi connectivity index (χ4n) is 6.76. The molecular weight excluding hydrogens is 644 g/mol. The number of rotatable bonds is 9. The summed E-state index contributed by atoms with van der Waals surface area (Å²) < 4.78 is 1.09. The number of benzene rings is 2. The maximum absolute atomic E-state index is 14.4. The molecule has 2 N–H and O–H groups in total. The number of nitrogens with one attached hydrogen (secondary N) is 1. The summed E-state index contributed by atoms with van der Waals surface area (Å²) in [5.41, 5.74) is 1.87. The van der Waals surface area contributed by atoms with E-state index in [9.17, 15) is 19.5 Å². The third kappa shape index (κ3) is 5.46. The average molecular weight is 677 g/mol. The lowest BCUT2D eigenvalue weighted by atomic mass is 9.89. The van der Waals surface area contributed by atoms with Crippen molar-refractivity contribution in [2.24, 2.45) is 0 Å². The lowest BCUT2D eigenvalue weighted by Crippen LogP contribution is -2.69. The predicted octanol–water partition coefficient (Wildman–Crippen LogP) is 5.53.